The molecular weight excluding hydrogens is 318 g/mol. The fourth-order valence-corrected chi connectivity index (χ4v) is 2.53. The molecule has 1 heterocycles. The number of hydrogen-bond donors (Lipinski definition) is 2. The molecular formula is C19H25N3O3. The molecule has 0 radical (unpaired) electrons. The first-order chi connectivity index (χ1) is 11.9. The molecule has 0 saturated heterocycles. The van der Waals surface area contributed by atoms with E-state index in [2.05, 4.69) is 15.6 Å². The van der Waals surface area contributed by atoms with E-state index in [1.807, 2.05) is 32.0 Å². The molecule has 0 aliphatic heterocycles. The summed E-state index contributed by atoms with van der Waals surface area (Å²) in [6.07, 6.45) is 1.55. The first kappa shape index (κ1) is 18.7. The Labute approximate surface area is 148 Å². The topological polar surface area (TPSA) is 80.3 Å². The summed E-state index contributed by atoms with van der Waals surface area (Å²) >= 11 is 0. The highest BCUT2D eigenvalue weighted by molar-refractivity contribution is 6.05. The lowest BCUT2D eigenvalue weighted by Crippen LogP contribution is -2.29. The maximum atomic E-state index is 12.3. The molecule has 1 amide bonds. The number of esters is 1. The van der Waals surface area contributed by atoms with Crippen molar-refractivity contribution in [1.82, 2.24) is 10.3 Å². The first-order valence-electron chi connectivity index (χ1n) is 8.47. The van der Waals surface area contributed by atoms with Crippen LogP contribution in [0.5, 0.6) is 0 Å². The molecule has 1 aromatic heterocycles. The number of anilines is 1. The second-order valence-electron chi connectivity index (χ2n) is 6.21. The molecule has 6 heteroatoms. The third-order valence-electron chi connectivity index (χ3n) is 3.85. The molecule has 0 bridgehead atoms. The van der Waals surface area contributed by atoms with E-state index in [9.17, 15) is 9.59 Å². The highest BCUT2D eigenvalue weighted by Crippen LogP contribution is 2.27. The van der Waals surface area contributed by atoms with Crippen LogP contribution in [0.3, 0.4) is 0 Å². The summed E-state index contributed by atoms with van der Waals surface area (Å²) in [5.74, 6) is -0.244. The van der Waals surface area contributed by atoms with E-state index in [4.69, 9.17) is 4.74 Å². The third kappa shape index (κ3) is 4.92. The predicted molar refractivity (Wildman–Crippen MR) is 98.8 cm³/mol. The number of carbonyl (C=O) groups is 2. The van der Waals surface area contributed by atoms with Gasteiger partial charge in [0.1, 0.15) is 5.56 Å². The molecule has 0 aliphatic rings. The Morgan fingerprint density at radius 3 is 2.72 bits per heavy atom. The number of hydrogen-bond acceptors (Lipinski definition) is 5. The maximum Gasteiger partial charge on any atom is 0.341 e. The van der Waals surface area contributed by atoms with Crippen LogP contribution in [0.15, 0.2) is 24.4 Å². The van der Waals surface area contributed by atoms with E-state index >= 15 is 0 Å². The number of benzene rings is 1. The second-order valence-corrected chi connectivity index (χ2v) is 6.21. The molecule has 1 aromatic carbocycles. The minimum absolute atomic E-state index is 0.0518. The lowest BCUT2D eigenvalue weighted by Gasteiger charge is -2.18. The molecule has 0 aliphatic carbocycles. The van der Waals surface area contributed by atoms with Crippen LogP contribution in [-0.4, -0.2) is 36.6 Å². The highest BCUT2D eigenvalue weighted by Gasteiger charge is 2.17. The summed E-state index contributed by atoms with van der Waals surface area (Å²) in [6, 6.07) is 5.93. The minimum Gasteiger partial charge on any atom is -0.462 e. The lowest BCUT2D eigenvalue weighted by atomic mass is 10.1. The zero-order valence-corrected chi connectivity index (χ0v) is 15.2. The molecule has 1 atom stereocenters. The lowest BCUT2D eigenvalue weighted by molar-refractivity contribution is -0.119. The van der Waals surface area contributed by atoms with E-state index in [-0.39, 0.29) is 11.8 Å². The summed E-state index contributed by atoms with van der Waals surface area (Å²) < 4.78 is 5.16. The molecule has 2 aromatic rings. The van der Waals surface area contributed by atoms with Crippen molar-refractivity contribution >= 4 is 28.5 Å². The number of rotatable bonds is 7. The number of carbonyl (C=O) groups excluding carboxylic acids is 2. The van der Waals surface area contributed by atoms with Gasteiger partial charge in [-0.15, -0.1) is 0 Å². The van der Waals surface area contributed by atoms with Gasteiger partial charge in [-0.2, -0.15) is 0 Å². The van der Waals surface area contributed by atoms with Gasteiger partial charge in [0, 0.05) is 31.6 Å². The fraction of sp³-hybridized carbons (Fsp3) is 0.421. The van der Waals surface area contributed by atoms with Crippen molar-refractivity contribution in [2.24, 2.45) is 5.92 Å². The fourth-order valence-electron chi connectivity index (χ4n) is 2.53. The molecule has 1 unspecified atom stereocenters. The Morgan fingerprint density at radius 2 is 2.04 bits per heavy atom. The number of nitrogens with zero attached hydrogens (tertiary/aromatic N) is 1. The summed E-state index contributed by atoms with van der Waals surface area (Å²) in [7, 11) is 0. The van der Waals surface area contributed by atoms with E-state index in [0.29, 0.717) is 25.3 Å². The van der Waals surface area contributed by atoms with Crippen LogP contribution in [0, 0.1) is 12.8 Å². The van der Waals surface area contributed by atoms with Crippen LogP contribution in [0.4, 0.5) is 5.69 Å². The molecule has 0 spiro atoms. The second kappa shape index (κ2) is 8.46. The van der Waals surface area contributed by atoms with Crippen molar-refractivity contribution < 1.29 is 14.3 Å². The molecule has 0 fully saturated rings. The SMILES string of the molecule is CCOC(=O)c1cnc2ccc(C)cc2c1NCC(C)CNC(C)=O. The van der Waals surface area contributed by atoms with Crippen molar-refractivity contribution in [1.29, 1.82) is 0 Å². The number of aryl methyl sites for hydroxylation is 1. The summed E-state index contributed by atoms with van der Waals surface area (Å²) in [5.41, 5.74) is 3.05. The van der Waals surface area contributed by atoms with Crippen LogP contribution in [-0.2, 0) is 9.53 Å². The zero-order valence-electron chi connectivity index (χ0n) is 15.2. The van der Waals surface area contributed by atoms with Crippen LogP contribution in [0.25, 0.3) is 10.9 Å². The predicted octanol–water partition coefficient (Wildman–Crippen LogP) is 2.90. The Kier molecular flexibility index (Phi) is 6.33. The van der Waals surface area contributed by atoms with Crippen LogP contribution >= 0.6 is 0 Å². The number of nitrogens with one attached hydrogen (secondary N) is 2. The average molecular weight is 343 g/mol. The van der Waals surface area contributed by atoms with Gasteiger partial charge in [0.15, 0.2) is 0 Å². The summed E-state index contributed by atoms with van der Waals surface area (Å²) in [4.78, 5) is 27.7. The first-order valence-corrected chi connectivity index (χ1v) is 8.47. The average Bonchev–Trinajstić information content (AvgIpc) is 2.57. The zero-order chi connectivity index (χ0) is 18.4. The maximum absolute atomic E-state index is 12.3. The van der Waals surface area contributed by atoms with Crippen molar-refractivity contribution in [2.75, 3.05) is 25.0 Å². The van der Waals surface area contributed by atoms with E-state index < -0.39 is 5.97 Å². The van der Waals surface area contributed by atoms with Gasteiger partial charge in [-0.1, -0.05) is 18.6 Å². The number of ether oxygens (including phenoxy) is 1. The third-order valence-corrected chi connectivity index (χ3v) is 3.85. The van der Waals surface area contributed by atoms with Gasteiger partial charge in [0.2, 0.25) is 5.91 Å². The summed E-state index contributed by atoms with van der Waals surface area (Å²) in [5, 5.41) is 7.04. The van der Waals surface area contributed by atoms with E-state index in [1.165, 1.54) is 6.92 Å². The largest absolute Gasteiger partial charge is 0.462 e. The Morgan fingerprint density at radius 1 is 1.28 bits per heavy atom. The standard InChI is InChI=1S/C19H25N3O3/c1-5-25-19(24)16-11-21-17-7-6-12(2)8-15(17)18(16)22-10-13(3)9-20-14(4)23/h6-8,11,13H,5,9-10H2,1-4H3,(H,20,23)(H,21,22). The van der Waals surface area contributed by atoms with Gasteiger partial charge in [-0.05, 0) is 31.9 Å². The number of amides is 1. The van der Waals surface area contributed by atoms with Gasteiger partial charge in [-0.25, -0.2) is 4.79 Å². The highest BCUT2D eigenvalue weighted by atomic mass is 16.5. The number of aromatic nitrogens is 1. The van der Waals surface area contributed by atoms with Crippen LogP contribution in [0.2, 0.25) is 0 Å². The van der Waals surface area contributed by atoms with Gasteiger partial charge in [0.25, 0.3) is 0 Å². The summed E-state index contributed by atoms with van der Waals surface area (Å²) in [6.45, 7) is 8.79. The van der Waals surface area contributed by atoms with Crippen molar-refractivity contribution in [3.63, 3.8) is 0 Å². The number of pyridine rings is 1. The number of fused-ring (bicyclic) bond motifs is 1. The Bertz CT molecular complexity index is 774. The molecule has 134 valence electrons. The Hall–Kier alpha value is -2.63. The van der Waals surface area contributed by atoms with E-state index in [1.54, 1.807) is 13.1 Å². The normalized spacial score (nSPS) is 11.8. The van der Waals surface area contributed by atoms with E-state index in [0.717, 1.165) is 22.2 Å². The smallest absolute Gasteiger partial charge is 0.341 e. The van der Waals surface area contributed by atoms with Crippen molar-refractivity contribution in [3.05, 3.63) is 35.5 Å². The molecule has 0 saturated carbocycles. The van der Waals surface area contributed by atoms with Gasteiger partial charge in [0.05, 0.1) is 17.8 Å². The molecule has 25 heavy (non-hydrogen) atoms. The quantitative estimate of drug-likeness (QED) is 0.756. The van der Waals surface area contributed by atoms with Gasteiger partial charge in [-0.3, -0.25) is 9.78 Å². The van der Waals surface area contributed by atoms with Crippen molar-refractivity contribution in [2.45, 2.75) is 27.7 Å². The molecule has 2 N–H and O–H groups in total. The monoisotopic (exact) mass is 343 g/mol. The van der Waals surface area contributed by atoms with Gasteiger partial charge >= 0.3 is 5.97 Å². The molecule has 6 nitrogen and oxygen atoms in total. The molecule has 2 rings (SSSR count). The van der Waals surface area contributed by atoms with Crippen LogP contribution in [0.1, 0.15) is 36.7 Å². The minimum atomic E-state index is -0.393. The van der Waals surface area contributed by atoms with Crippen LogP contribution < -0.4 is 10.6 Å². The van der Waals surface area contributed by atoms with Crippen molar-refractivity contribution in [3.8, 4) is 0 Å². The Balaban J connectivity index is 2.32. The van der Waals surface area contributed by atoms with Gasteiger partial charge < -0.3 is 15.4 Å².